The molecule has 0 bridgehead atoms. The molecule has 8 heteroatoms. The minimum absolute atomic E-state index is 0.0548. The Morgan fingerprint density at radius 2 is 1.88 bits per heavy atom. The summed E-state index contributed by atoms with van der Waals surface area (Å²) in [5.41, 5.74) is 3.91. The van der Waals surface area contributed by atoms with Gasteiger partial charge in [0.05, 0.1) is 18.4 Å². The van der Waals surface area contributed by atoms with E-state index in [1.54, 1.807) is 25.1 Å². The van der Waals surface area contributed by atoms with Crippen molar-refractivity contribution in [2.24, 2.45) is 0 Å². The molecule has 3 heterocycles. The van der Waals surface area contributed by atoms with Gasteiger partial charge >= 0.3 is 0 Å². The summed E-state index contributed by atoms with van der Waals surface area (Å²) in [6, 6.07) is 11.9. The Kier molecular flexibility index (Phi) is 7.67. The fourth-order valence-corrected chi connectivity index (χ4v) is 5.08. The van der Waals surface area contributed by atoms with Crippen LogP contribution in [0.2, 0.25) is 0 Å². The maximum atomic E-state index is 13.3. The lowest BCUT2D eigenvalue weighted by Crippen LogP contribution is -2.49. The number of piperazine rings is 1. The van der Waals surface area contributed by atoms with Crippen molar-refractivity contribution in [1.29, 1.82) is 0 Å². The Balaban J connectivity index is 1.31. The quantitative estimate of drug-likeness (QED) is 0.465. The minimum atomic E-state index is 0.0548. The second-order valence-corrected chi connectivity index (χ2v) is 9.14. The lowest BCUT2D eigenvalue weighted by atomic mass is 10.1. The lowest BCUT2D eigenvalue weighted by molar-refractivity contribution is 0.0634. The number of ether oxygens (including phenoxy) is 1. The van der Waals surface area contributed by atoms with E-state index in [1.807, 2.05) is 43.0 Å². The summed E-state index contributed by atoms with van der Waals surface area (Å²) in [6.07, 6.45) is 2.73. The summed E-state index contributed by atoms with van der Waals surface area (Å²) in [4.78, 5) is 22.1. The van der Waals surface area contributed by atoms with Crippen molar-refractivity contribution in [2.75, 3.05) is 39.8 Å². The predicted octanol–water partition coefficient (Wildman–Crippen LogP) is 3.99. The molecule has 0 spiro atoms. The van der Waals surface area contributed by atoms with Crippen LogP contribution >= 0.6 is 11.8 Å². The normalized spacial score (nSPS) is 14.5. The van der Waals surface area contributed by atoms with Crippen molar-refractivity contribution in [2.45, 2.75) is 31.0 Å². The van der Waals surface area contributed by atoms with Crippen molar-refractivity contribution in [1.82, 2.24) is 19.9 Å². The van der Waals surface area contributed by atoms with E-state index in [4.69, 9.17) is 9.26 Å². The first-order chi connectivity index (χ1) is 16.0. The molecular weight excluding hydrogens is 436 g/mol. The fourth-order valence-electron chi connectivity index (χ4n) is 3.94. The number of carbonyl (C=O) groups is 1. The first kappa shape index (κ1) is 23.3. The number of carbonyl (C=O) groups excluding carboxylic acids is 1. The Labute approximate surface area is 199 Å². The van der Waals surface area contributed by atoms with Crippen LogP contribution in [-0.4, -0.2) is 65.7 Å². The average molecular weight is 467 g/mol. The van der Waals surface area contributed by atoms with Gasteiger partial charge in [-0.15, -0.1) is 11.8 Å². The summed E-state index contributed by atoms with van der Waals surface area (Å²) in [5, 5.41) is 4.77. The highest BCUT2D eigenvalue weighted by Gasteiger charge is 2.24. The van der Waals surface area contributed by atoms with Gasteiger partial charge in [-0.25, -0.2) is 4.98 Å². The van der Waals surface area contributed by atoms with E-state index in [1.165, 1.54) is 5.56 Å². The first-order valence-electron chi connectivity index (χ1n) is 11.2. The first-order valence-corrected chi connectivity index (χ1v) is 12.2. The molecule has 1 fully saturated rings. The van der Waals surface area contributed by atoms with Crippen molar-refractivity contribution in [3.8, 4) is 5.75 Å². The number of pyridine rings is 1. The second-order valence-electron chi connectivity index (χ2n) is 8.18. The number of benzene rings is 1. The van der Waals surface area contributed by atoms with Crippen molar-refractivity contribution in [3.05, 3.63) is 70.7 Å². The zero-order chi connectivity index (χ0) is 23.2. The molecule has 2 aromatic heterocycles. The van der Waals surface area contributed by atoms with Gasteiger partial charge in [0.15, 0.2) is 0 Å². The van der Waals surface area contributed by atoms with E-state index < -0.39 is 0 Å². The Morgan fingerprint density at radius 1 is 1.12 bits per heavy atom. The van der Waals surface area contributed by atoms with Gasteiger partial charge in [0.2, 0.25) is 0 Å². The maximum absolute atomic E-state index is 13.3. The average Bonchev–Trinajstić information content (AvgIpc) is 3.18. The Bertz CT molecular complexity index is 1060. The predicted molar refractivity (Wildman–Crippen MR) is 129 cm³/mol. The van der Waals surface area contributed by atoms with Crippen molar-refractivity contribution < 1.29 is 14.1 Å². The largest absolute Gasteiger partial charge is 0.497 e. The molecule has 3 aromatic rings. The molecule has 1 saturated heterocycles. The third kappa shape index (κ3) is 5.75. The summed E-state index contributed by atoms with van der Waals surface area (Å²) in [5.74, 6) is 2.43. The molecule has 4 rings (SSSR count). The molecule has 0 aliphatic carbocycles. The summed E-state index contributed by atoms with van der Waals surface area (Å²) in [6.45, 7) is 8.04. The summed E-state index contributed by atoms with van der Waals surface area (Å²) >= 11 is 1.56. The van der Waals surface area contributed by atoms with E-state index in [0.717, 1.165) is 66.9 Å². The smallest absolute Gasteiger partial charge is 0.256 e. The molecule has 0 unspecified atom stereocenters. The molecule has 33 heavy (non-hydrogen) atoms. The minimum Gasteiger partial charge on any atom is -0.497 e. The lowest BCUT2D eigenvalue weighted by Gasteiger charge is -2.35. The molecule has 0 N–H and O–H groups in total. The zero-order valence-corrected chi connectivity index (χ0v) is 20.2. The fraction of sp³-hybridized carbons (Fsp3) is 0.400. The number of aromatic nitrogens is 2. The topological polar surface area (TPSA) is 71.7 Å². The van der Waals surface area contributed by atoms with Gasteiger partial charge < -0.3 is 14.2 Å². The van der Waals surface area contributed by atoms with Crippen LogP contribution in [0.25, 0.3) is 0 Å². The van der Waals surface area contributed by atoms with Gasteiger partial charge in [-0.3, -0.25) is 9.69 Å². The van der Waals surface area contributed by atoms with E-state index in [0.29, 0.717) is 11.3 Å². The molecule has 0 saturated carbocycles. The molecule has 0 radical (unpaired) electrons. The number of nitrogens with zero attached hydrogens (tertiary/aromatic N) is 4. The molecule has 1 aliphatic heterocycles. The van der Waals surface area contributed by atoms with E-state index in [2.05, 4.69) is 27.2 Å². The molecule has 7 nitrogen and oxygen atoms in total. The third-order valence-corrected chi connectivity index (χ3v) is 7.10. The van der Waals surface area contributed by atoms with E-state index in [-0.39, 0.29) is 5.91 Å². The number of rotatable bonds is 8. The van der Waals surface area contributed by atoms with E-state index >= 15 is 0 Å². The van der Waals surface area contributed by atoms with Crippen LogP contribution in [0.1, 0.15) is 32.9 Å². The summed E-state index contributed by atoms with van der Waals surface area (Å²) in [7, 11) is 1.68. The van der Waals surface area contributed by atoms with Gasteiger partial charge in [0.25, 0.3) is 5.91 Å². The van der Waals surface area contributed by atoms with Crippen LogP contribution in [0.3, 0.4) is 0 Å². The van der Waals surface area contributed by atoms with Gasteiger partial charge in [-0.05, 0) is 50.1 Å². The number of aryl methyl sites for hydroxylation is 2. The maximum Gasteiger partial charge on any atom is 0.256 e. The highest BCUT2D eigenvalue weighted by Crippen LogP contribution is 2.28. The van der Waals surface area contributed by atoms with Gasteiger partial charge in [-0.2, -0.15) is 0 Å². The number of amides is 1. The zero-order valence-electron chi connectivity index (χ0n) is 19.4. The number of methoxy groups -OCH3 is 1. The molecule has 1 amide bonds. The van der Waals surface area contributed by atoms with Crippen LogP contribution in [0, 0.1) is 13.8 Å². The van der Waals surface area contributed by atoms with Gasteiger partial charge in [0, 0.05) is 50.2 Å². The number of thioether (sulfide) groups is 1. The Hall–Kier alpha value is -2.84. The van der Waals surface area contributed by atoms with Crippen LogP contribution in [0.5, 0.6) is 5.75 Å². The standard InChI is InChI=1S/C25H30N4O3S/c1-18-23(19(2)32-27-18)17-33-24-22(5-4-11-26-24)25(30)29-15-13-28(14-16-29)12-10-20-6-8-21(31-3)9-7-20/h4-9,11H,10,12-17H2,1-3H3. The van der Waals surface area contributed by atoms with Crippen molar-refractivity contribution >= 4 is 17.7 Å². The van der Waals surface area contributed by atoms with Crippen molar-refractivity contribution in [3.63, 3.8) is 0 Å². The van der Waals surface area contributed by atoms with Crippen LogP contribution in [0.15, 0.2) is 52.1 Å². The highest BCUT2D eigenvalue weighted by atomic mass is 32.2. The number of hydrogen-bond donors (Lipinski definition) is 0. The highest BCUT2D eigenvalue weighted by molar-refractivity contribution is 7.98. The Morgan fingerprint density at radius 3 is 2.55 bits per heavy atom. The molecule has 1 aromatic carbocycles. The van der Waals surface area contributed by atoms with Crippen LogP contribution < -0.4 is 4.74 Å². The van der Waals surface area contributed by atoms with Gasteiger partial charge in [-0.1, -0.05) is 17.3 Å². The van der Waals surface area contributed by atoms with Crippen LogP contribution in [-0.2, 0) is 12.2 Å². The monoisotopic (exact) mass is 466 g/mol. The molecule has 174 valence electrons. The molecule has 1 aliphatic rings. The summed E-state index contributed by atoms with van der Waals surface area (Å²) < 4.78 is 10.5. The SMILES string of the molecule is COc1ccc(CCN2CCN(C(=O)c3cccnc3SCc3c(C)noc3C)CC2)cc1. The van der Waals surface area contributed by atoms with Crippen LogP contribution in [0.4, 0.5) is 0 Å². The number of hydrogen-bond acceptors (Lipinski definition) is 7. The second kappa shape index (κ2) is 10.9. The third-order valence-electron chi connectivity index (χ3n) is 6.07. The molecule has 0 atom stereocenters. The van der Waals surface area contributed by atoms with Gasteiger partial charge in [0.1, 0.15) is 16.5 Å². The van der Waals surface area contributed by atoms with E-state index in [9.17, 15) is 4.79 Å². The molecular formula is C25H30N4O3S.